The molecule has 1 aliphatic heterocycles. The maximum absolute atomic E-state index is 12.5. The van der Waals surface area contributed by atoms with E-state index in [1.165, 1.54) is 12.1 Å². The first-order valence-corrected chi connectivity index (χ1v) is 8.38. The zero-order valence-corrected chi connectivity index (χ0v) is 12.9. The Balaban J connectivity index is 1.89. The number of fused-ring (bicyclic) bond motifs is 1. The average Bonchev–Trinajstić information content (AvgIpc) is 2.54. The van der Waals surface area contributed by atoms with Gasteiger partial charge < -0.3 is 4.74 Å². The number of alkyl halides is 3. The first kappa shape index (κ1) is 16.5. The summed E-state index contributed by atoms with van der Waals surface area (Å²) in [5.74, 6) is 0.250. The van der Waals surface area contributed by atoms with Crippen LogP contribution in [0.5, 0.6) is 5.75 Å². The number of hydrogen-bond acceptors (Lipinski definition) is 4. The molecule has 0 spiro atoms. The zero-order chi connectivity index (χ0) is 17.5. The fourth-order valence-electron chi connectivity index (χ4n) is 2.45. The molecule has 0 saturated heterocycles. The summed E-state index contributed by atoms with van der Waals surface area (Å²) in [6.07, 6.45) is -0.641. The van der Waals surface area contributed by atoms with Crippen molar-refractivity contribution in [2.24, 2.45) is 0 Å². The number of carbonyl (C=O) groups is 1. The molecule has 0 radical (unpaired) electrons. The van der Waals surface area contributed by atoms with Gasteiger partial charge in [0.2, 0.25) is 0 Å². The normalized spacial score (nSPS) is 18.0. The van der Waals surface area contributed by atoms with E-state index in [1.54, 1.807) is 24.3 Å². The molecule has 4 nitrogen and oxygen atoms in total. The summed E-state index contributed by atoms with van der Waals surface area (Å²) in [7, 11) is -5.39. The third-order valence-electron chi connectivity index (χ3n) is 3.69. The van der Waals surface area contributed by atoms with E-state index >= 15 is 0 Å². The number of ketones is 1. The molecule has 0 aromatic heterocycles. The van der Waals surface area contributed by atoms with Crippen molar-refractivity contribution in [1.82, 2.24) is 0 Å². The Bertz CT molecular complexity index is 886. The summed E-state index contributed by atoms with van der Waals surface area (Å²) in [5.41, 5.74) is -4.48. The highest BCUT2D eigenvalue weighted by molar-refractivity contribution is 7.92. The number of Topliss-reactive ketones (excluding diaryl/α,β-unsaturated/α-hetero) is 1. The lowest BCUT2D eigenvalue weighted by molar-refractivity contribution is -0.0436. The first-order valence-electron chi connectivity index (χ1n) is 6.90. The molecule has 0 saturated carbocycles. The third-order valence-corrected chi connectivity index (χ3v) is 5.20. The SMILES string of the molecule is O=C1C[C@H](c2ccc(S(=O)(=O)C(F)(F)F)cc2)Oc2ccccc21. The molecular formula is C16H11F3O4S. The monoisotopic (exact) mass is 356 g/mol. The molecule has 1 heterocycles. The molecule has 0 amide bonds. The average molecular weight is 356 g/mol. The highest BCUT2D eigenvalue weighted by atomic mass is 32.2. The van der Waals surface area contributed by atoms with E-state index in [2.05, 4.69) is 0 Å². The van der Waals surface area contributed by atoms with Gasteiger partial charge in [0.05, 0.1) is 16.9 Å². The van der Waals surface area contributed by atoms with E-state index in [0.29, 0.717) is 16.9 Å². The number of carbonyl (C=O) groups excluding carboxylic acids is 1. The van der Waals surface area contributed by atoms with Crippen LogP contribution in [0.25, 0.3) is 0 Å². The maximum Gasteiger partial charge on any atom is 0.501 e. The Labute approximate surface area is 135 Å². The van der Waals surface area contributed by atoms with Crippen molar-refractivity contribution in [2.75, 3.05) is 0 Å². The molecule has 2 aromatic carbocycles. The Morgan fingerprint density at radius 3 is 2.25 bits per heavy atom. The second-order valence-corrected chi connectivity index (χ2v) is 7.19. The summed E-state index contributed by atoms with van der Waals surface area (Å²) in [5, 5.41) is 0. The van der Waals surface area contributed by atoms with E-state index in [1.807, 2.05) is 0 Å². The van der Waals surface area contributed by atoms with Gasteiger partial charge in [-0.2, -0.15) is 13.2 Å². The minimum Gasteiger partial charge on any atom is -0.484 e. The van der Waals surface area contributed by atoms with Crippen LogP contribution in [-0.4, -0.2) is 19.7 Å². The molecule has 24 heavy (non-hydrogen) atoms. The number of ether oxygens (including phenoxy) is 1. The second-order valence-electron chi connectivity index (χ2n) is 5.25. The Morgan fingerprint density at radius 2 is 1.62 bits per heavy atom. The smallest absolute Gasteiger partial charge is 0.484 e. The van der Waals surface area contributed by atoms with Gasteiger partial charge in [-0.05, 0) is 29.8 Å². The first-order chi connectivity index (χ1) is 11.2. The number of halogens is 3. The number of sulfone groups is 1. The van der Waals surface area contributed by atoms with E-state index in [4.69, 9.17) is 4.74 Å². The van der Waals surface area contributed by atoms with Crippen LogP contribution in [0.3, 0.4) is 0 Å². The number of para-hydroxylation sites is 1. The summed E-state index contributed by atoms with van der Waals surface area (Å²) in [6.45, 7) is 0. The second kappa shape index (κ2) is 5.62. The zero-order valence-electron chi connectivity index (χ0n) is 12.1. The van der Waals surface area contributed by atoms with Crippen LogP contribution in [0.4, 0.5) is 13.2 Å². The van der Waals surface area contributed by atoms with Gasteiger partial charge in [-0.25, -0.2) is 8.42 Å². The molecule has 1 aliphatic rings. The Hall–Kier alpha value is -2.35. The van der Waals surface area contributed by atoms with Gasteiger partial charge in [-0.15, -0.1) is 0 Å². The van der Waals surface area contributed by atoms with Crippen molar-refractivity contribution in [3.63, 3.8) is 0 Å². The predicted octanol–water partition coefficient (Wildman–Crippen LogP) is 3.69. The molecule has 0 unspecified atom stereocenters. The molecular weight excluding hydrogens is 345 g/mol. The van der Waals surface area contributed by atoms with E-state index in [9.17, 15) is 26.4 Å². The van der Waals surface area contributed by atoms with E-state index in [0.717, 1.165) is 12.1 Å². The highest BCUT2D eigenvalue weighted by Gasteiger charge is 2.46. The molecule has 3 rings (SSSR count). The quantitative estimate of drug-likeness (QED) is 0.823. The van der Waals surface area contributed by atoms with Crippen LogP contribution < -0.4 is 4.74 Å². The van der Waals surface area contributed by atoms with Gasteiger partial charge >= 0.3 is 5.51 Å². The van der Waals surface area contributed by atoms with Crippen LogP contribution in [-0.2, 0) is 9.84 Å². The van der Waals surface area contributed by atoms with Gasteiger partial charge in [-0.3, -0.25) is 4.79 Å². The van der Waals surface area contributed by atoms with Crippen LogP contribution in [0.15, 0.2) is 53.4 Å². The van der Waals surface area contributed by atoms with Crippen molar-refractivity contribution in [2.45, 2.75) is 22.9 Å². The molecule has 1 atom stereocenters. The van der Waals surface area contributed by atoms with Crippen molar-refractivity contribution in [3.05, 3.63) is 59.7 Å². The van der Waals surface area contributed by atoms with Gasteiger partial charge in [0.15, 0.2) is 5.78 Å². The molecule has 0 N–H and O–H groups in total. The summed E-state index contributed by atoms with van der Waals surface area (Å²) in [4.78, 5) is 11.3. The van der Waals surface area contributed by atoms with Crippen LogP contribution >= 0.6 is 0 Å². The standard InChI is InChI=1S/C16H11F3O4S/c17-16(18,19)24(21,22)11-7-5-10(6-8-11)15-9-13(20)12-3-1-2-4-14(12)23-15/h1-8,15H,9H2/t15-/m1/s1. The molecule has 0 fully saturated rings. The molecule has 126 valence electrons. The van der Waals surface area contributed by atoms with Crippen molar-refractivity contribution < 1.29 is 31.1 Å². The number of hydrogen-bond donors (Lipinski definition) is 0. The van der Waals surface area contributed by atoms with Gasteiger partial charge in [0, 0.05) is 0 Å². The van der Waals surface area contributed by atoms with Crippen LogP contribution in [0.2, 0.25) is 0 Å². The summed E-state index contributed by atoms with van der Waals surface area (Å²) >= 11 is 0. The Kier molecular flexibility index (Phi) is 3.87. The fraction of sp³-hybridized carbons (Fsp3) is 0.188. The van der Waals surface area contributed by atoms with Gasteiger partial charge in [0.1, 0.15) is 11.9 Å². The number of rotatable bonds is 2. The summed E-state index contributed by atoms with van der Waals surface area (Å²) < 4.78 is 66.0. The Morgan fingerprint density at radius 1 is 1.00 bits per heavy atom. The fourth-order valence-corrected chi connectivity index (χ4v) is 3.22. The minimum absolute atomic E-state index is 0.0301. The van der Waals surface area contributed by atoms with Gasteiger partial charge in [0.25, 0.3) is 9.84 Å². The highest BCUT2D eigenvalue weighted by Crippen LogP contribution is 2.36. The molecule has 0 bridgehead atoms. The largest absolute Gasteiger partial charge is 0.501 e. The summed E-state index contributed by atoms with van der Waals surface area (Å²) in [6, 6.07) is 10.9. The lowest BCUT2D eigenvalue weighted by Crippen LogP contribution is -2.23. The lowest BCUT2D eigenvalue weighted by Gasteiger charge is -2.25. The lowest BCUT2D eigenvalue weighted by atomic mass is 9.96. The van der Waals surface area contributed by atoms with Crippen molar-refractivity contribution >= 4 is 15.6 Å². The third kappa shape index (κ3) is 2.77. The van der Waals surface area contributed by atoms with E-state index in [-0.39, 0.29) is 12.2 Å². The van der Waals surface area contributed by atoms with Crippen molar-refractivity contribution in [3.8, 4) is 5.75 Å². The van der Waals surface area contributed by atoms with E-state index < -0.39 is 26.3 Å². The molecule has 2 aromatic rings. The van der Waals surface area contributed by atoms with Crippen LogP contribution in [0.1, 0.15) is 28.4 Å². The molecule has 8 heteroatoms. The molecule has 0 aliphatic carbocycles. The number of benzene rings is 2. The predicted molar refractivity (Wildman–Crippen MR) is 78.4 cm³/mol. The van der Waals surface area contributed by atoms with Crippen molar-refractivity contribution in [1.29, 1.82) is 0 Å². The van der Waals surface area contributed by atoms with Gasteiger partial charge in [-0.1, -0.05) is 24.3 Å². The van der Waals surface area contributed by atoms with Crippen LogP contribution in [0, 0.1) is 0 Å². The minimum atomic E-state index is -5.39. The topological polar surface area (TPSA) is 60.4 Å². The maximum atomic E-state index is 12.5.